The summed E-state index contributed by atoms with van der Waals surface area (Å²) in [4.78, 5) is 43.9. The molecule has 3 heterocycles. The van der Waals surface area contributed by atoms with Crippen LogP contribution in [0.3, 0.4) is 0 Å². The van der Waals surface area contributed by atoms with Gasteiger partial charge in [-0.25, -0.2) is 4.39 Å². The lowest BCUT2D eigenvalue weighted by molar-refractivity contribution is -0.127. The summed E-state index contributed by atoms with van der Waals surface area (Å²) in [6.07, 6.45) is 1.13. The number of nitriles is 1. The number of rotatable bonds is 6. The Morgan fingerprint density at radius 2 is 2.14 bits per heavy atom. The highest BCUT2D eigenvalue weighted by Gasteiger charge is 2.38. The van der Waals surface area contributed by atoms with Gasteiger partial charge in [-0.05, 0) is 60.7 Å². The number of hydrogen-bond acceptors (Lipinski definition) is 5. The van der Waals surface area contributed by atoms with Crippen molar-refractivity contribution in [3.63, 3.8) is 0 Å². The minimum absolute atomic E-state index is 0.140. The number of fused-ring (bicyclic) bond motifs is 2. The number of nitrogens with zero attached hydrogens (tertiary/aromatic N) is 2. The highest BCUT2D eigenvalue weighted by atomic mass is 19.1. The van der Waals surface area contributed by atoms with Gasteiger partial charge in [0.1, 0.15) is 29.3 Å². The summed E-state index contributed by atoms with van der Waals surface area (Å²) in [7, 11) is 1.55. The highest BCUT2D eigenvalue weighted by molar-refractivity contribution is 6.02. The highest BCUT2D eigenvalue weighted by Crippen LogP contribution is 2.33. The summed E-state index contributed by atoms with van der Waals surface area (Å²) >= 11 is 0. The summed E-state index contributed by atoms with van der Waals surface area (Å²) in [6, 6.07) is 11.3. The predicted molar refractivity (Wildman–Crippen MR) is 132 cm³/mol. The molecular formula is C27H26FN5O4. The fourth-order valence-electron chi connectivity index (χ4n) is 5.22. The van der Waals surface area contributed by atoms with Gasteiger partial charge in [-0.2, -0.15) is 5.26 Å². The van der Waals surface area contributed by atoms with E-state index in [1.807, 2.05) is 6.07 Å². The van der Waals surface area contributed by atoms with Crippen molar-refractivity contribution < 1.29 is 23.5 Å². The zero-order valence-corrected chi connectivity index (χ0v) is 20.2. The monoisotopic (exact) mass is 503 g/mol. The second kappa shape index (κ2) is 9.93. The fourth-order valence-corrected chi connectivity index (χ4v) is 5.22. The first-order chi connectivity index (χ1) is 17.9. The second-order valence-electron chi connectivity index (χ2n) is 9.30. The number of aromatic amines is 1. The number of methoxy groups -OCH3 is 1. The summed E-state index contributed by atoms with van der Waals surface area (Å²) in [5.41, 5.74) is 2.12. The molecule has 0 unspecified atom stereocenters. The maximum atomic E-state index is 14.0. The van der Waals surface area contributed by atoms with Gasteiger partial charge in [-0.3, -0.25) is 14.4 Å². The van der Waals surface area contributed by atoms with Crippen LogP contribution in [0.15, 0.2) is 42.5 Å². The number of nitrogens with one attached hydrogen (secondary N) is 3. The average Bonchev–Trinajstić information content (AvgIpc) is 3.52. The van der Waals surface area contributed by atoms with E-state index in [0.29, 0.717) is 41.8 Å². The SMILES string of the molecule is COc1cccc2[nH]c(C(=O)N3CCc4cc(F)ccc4[C@@H]3C(=O)N[C@H](C#N)C[C@@H]3CCNC3=O)cc12. The zero-order chi connectivity index (χ0) is 26.1. The Morgan fingerprint density at radius 1 is 1.30 bits per heavy atom. The van der Waals surface area contributed by atoms with Crippen LogP contribution in [0.25, 0.3) is 10.9 Å². The average molecular weight is 504 g/mol. The van der Waals surface area contributed by atoms with Crippen molar-refractivity contribution in [1.82, 2.24) is 20.5 Å². The van der Waals surface area contributed by atoms with Crippen molar-refractivity contribution in [2.24, 2.45) is 5.92 Å². The number of carbonyl (C=O) groups is 3. The van der Waals surface area contributed by atoms with Crippen molar-refractivity contribution in [3.8, 4) is 11.8 Å². The van der Waals surface area contributed by atoms with Crippen molar-refractivity contribution in [2.45, 2.75) is 31.3 Å². The number of hydrogen-bond donors (Lipinski definition) is 3. The molecular weight excluding hydrogens is 477 g/mol. The normalized spacial score (nSPS) is 19.6. The molecule has 0 saturated carbocycles. The van der Waals surface area contributed by atoms with Gasteiger partial charge >= 0.3 is 0 Å². The van der Waals surface area contributed by atoms with Gasteiger partial charge in [0.2, 0.25) is 11.8 Å². The molecule has 10 heteroatoms. The molecule has 2 aliphatic rings. The van der Waals surface area contributed by atoms with Crippen LogP contribution in [-0.4, -0.2) is 53.8 Å². The summed E-state index contributed by atoms with van der Waals surface area (Å²) in [5, 5.41) is 15.9. The molecule has 2 aromatic carbocycles. The first kappa shape index (κ1) is 24.3. The van der Waals surface area contributed by atoms with E-state index in [-0.39, 0.29) is 30.5 Å². The number of aromatic nitrogens is 1. The topological polar surface area (TPSA) is 127 Å². The van der Waals surface area contributed by atoms with Gasteiger partial charge in [0.15, 0.2) is 0 Å². The molecule has 1 fully saturated rings. The molecule has 0 bridgehead atoms. The van der Waals surface area contributed by atoms with Crippen LogP contribution < -0.4 is 15.4 Å². The molecule has 3 amide bonds. The summed E-state index contributed by atoms with van der Waals surface area (Å²) in [5.74, 6) is -1.29. The van der Waals surface area contributed by atoms with Crippen molar-refractivity contribution in [1.29, 1.82) is 5.26 Å². The van der Waals surface area contributed by atoms with E-state index in [0.717, 1.165) is 5.39 Å². The van der Waals surface area contributed by atoms with Crippen molar-refractivity contribution in [3.05, 3.63) is 65.1 Å². The predicted octanol–water partition coefficient (Wildman–Crippen LogP) is 2.59. The van der Waals surface area contributed by atoms with Crippen LogP contribution in [0.2, 0.25) is 0 Å². The lowest BCUT2D eigenvalue weighted by atomic mass is 9.91. The molecule has 190 valence electrons. The first-order valence-corrected chi connectivity index (χ1v) is 12.1. The molecule has 3 N–H and O–H groups in total. The molecule has 1 saturated heterocycles. The van der Waals surface area contributed by atoms with E-state index in [9.17, 15) is 24.0 Å². The van der Waals surface area contributed by atoms with Gasteiger partial charge in [0.05, 0.1) is 13.2 Å². The molecule has 5 rings (SSSR count). The Kier molecular flexibility index (Phi) is 6.53. The number of amides is 3. The van der Waals surface area contributed by atoms with E-state index in [1.165, 1.54) is 23.1 Å². The molecule has 0 radical (unpaired) electrons. The van der Waals surface area contributed by atoms with Gasteiger partial charge < -0.3 is 25.3 Å². The molecule has 1 aromatic heterocycles. The van der Waals surface area contributed by atoms with Crippen LogP contribution in [0.1, 0.15) is 40.5 Å². The van der Waals surface area contributed by atoms with Crippen LogP contribution in [0.5, 0.6) is 5.75 Å². The summed E-state index contributed by atoms with van der Waals surface area (Å²) < 4.78 is 19.4. The third-order valence-corrected chi connectivity index (χ3v) is 7.07. The zero-order valence-electron chi connectivity index (χ0n) is 20.2. The number of halogens is 1. The fraction of sp³-hybridized carbons (Fsp3) is 0.333. The standard InChI is InChI=1S/C27H26FN5O4/c1-37-23-4-2-3-21-20(23)13-22(32-21)27(36)33-10-8-15-11-17(28)5-6-19(15)24(33)26(35)31-18(14-29)12-16-7-9-30-25(16)34/h2-6,11,13,16,18,24,32H,7-10,12H2,1H3,(H,30,34)(H,31,35)/t16-,18-,24+/m0/s1. The molecule has 0 aliphatic carbocycles. The Morgan fingerprint density at radius 3 is 2.86 bits per heavy atom. The Balaban J connectivity index is 1.46. The Hall–Kier alpha value is -4.39. The quantitative estimate of drug-likeness (QED) is 0.477. The van der Waals surface area contributed by atoms with E-state index in [2.05, 4.69) is 21.7 Å². The maximum Gasteiger partial charge on any atom is 0.271 e. The largest absolute Gasteiger partial charge is 0.496 e. The molecule has 0 spiro atoms. The minimum atomic E-state index is -1.07. The number of ether oxygens (including phenoxy) is 1. The van der Waals surface area contributed by atoms with E-state index >= 15 is 0 Å². The first-order valence-electron chi connectivity index (χ1n) is 12.1. The maximum absolute atomic E-state index is 14.0. The third-order valence-electron chi connectivity index (χ3n) is 7.07. The van der Waals surface area contributed by atoms with Gasteiger partial charge in [0.25, 0.3) is 5.91 Å². The lowest BCUT2D eigenvalue weighted by Gasteiger charge is -2.36. The van der Waals surface area contributed by atoms with Gasteiger partial charge in [-0.1, -0.05) is 12.1 Å². The molecule has 3 atom stereocenters. The molecule has 37 heavy (non-hydrogen) atoms. The number of benzene rings is 2. The second-order valence-corrected chi connectivity index (χ2v) is 9.30. The Labute approximate surface area is 212 Å². The van der Waals surface area contributed by atoms with Crippen LogP contribution in [-0.2, 0) is 16.0 Å². The minimum Gasteiger partial charge on any atom is -0.496 e. The molecule has 2 aliphatic heterocycles. The van der Waals surface area contributed by atoms with Crippen molar-refractivity contribution >= 4 is 28.6 Å². The van der Waals surface area contributed by atoms with Crippen LogP contribution in [0, 0.1) is 23.1 Å². The van der Waals surface area contributed by atoms with E-state index in [1.54, 1.807) is 25.3 Å². The molecule has 9 nitrogen and oxygen atoms in total. The Bertz CT molecular complexity index is 1430. The van der Waals surface area contributed by atoms with E-state index < -0.39 is 29.7 Å². The molecule has 3 aromatic rings. The van der Waals surface area contributed by atoms with E-state index in [4.69, 9.17) is 4.74 Å². The van der Waals surface area contributed by atoms with Crippen LogP contribution in [0.4, 0.5) is 4.39 Å². The van der Waals surface area contributed by atoms with Gasteiger partial charge in [0, 0.05) is 29.9 Å². The number of carbonyl (C=O) groups excluding carboxylic acids is 3. The van der Waals surface area contributed by atoms with Gasteiger partial charge in [-0.15, -0.1) is 0 Å². The smallest absolute Gasteiger partial charge is 0.271 e. The lowest BCUT2D eigenvalue weighted by Crippen LogP contribution is -2.49. The van der Waals surface area contributed by atoms with Crippen molar-refractivity contribution in [2.75, 3.05) is 20.2 Å². The van der Waals surface area contributed by atoms with Crippen LogP contribution >= 0.6 is 0 Å². The third kappa shape index (κ3) is 4.60. The number of H-pyrrole nitrogens is 1. The summed E-state index contributed by atoms with van der Waals surface area (Å²) in [6.45, 7) is 0.719.